The lowest BCUT2D eigenvalue weighted by Crippen LogP contribution is -2.19. The fourth-order valence-electron chi connectivity index (χ4n) is 2.66. The van der Waals surface area contributed by atoms with Gasteiger partial charge in [0, 0.05) is 0 Å². The predicted octanol–water partition coefficient (Wildman–Crippen LogP) is 4.68. The van der Waals surface area contributed by atoms with Gasteiger partial charge in [-0.2, -0.15) is 0 Å². The number of hydrogen-bond acceptors (Lipinski definition) is 3. The van der Waals surface area contributed by atoms with Gasteiger partial charge in [0.1, 0.15) is 5.75 Å². The van der Waals surface area contributed by atoms with Crippen LogP contribution in [0.2, 0.25) is 0 Å². The Morgan fingerprint density at radius 2 is 1.75 bits per heavy atom. The summed E-state index contributed by atoms with van der Waals surface area (Å²) in [5.41, 5.74) is 0.316. The number of carbonyl (C=O) groups is 1. The van der Waals surface area contributed by atoms with Crippen molar-refractivity contribution in [2.75, 3.05) is 0 Å². The second-order valence-corrected chi connectivity index (χ2v) is 6.07. The van der Waals surface area contributed by atoms with Crippen LogP contribution in [0.25, 0.3) is 10.8 Å². The van der Waals surface area contributed by atoms with Crippen molar-refractivity contribution in [3.63, 3.8) is 0 Å². The number of rotatable bonds is 4. The van der Waals surface area contributed by atoms with Crippen LogP contribution < -0.4 is 4.74 Å². The summed E-state index contributed by atoms with van der Waals surface area (Å²) in [4.78, 5) is 12.6. The van der Waals surface area contributed by atoms with Crippen LogP contribution in [0, 0.1) is 0 Å². The molecule has 0 aliphatic heterocycles. The lowest BCUT2D eigenvalue weighted by Gasteiger charge is -2.22. The van der Waals surface area contributed by atoms with E-state index in [9.17, 15) is 9.90 Å². The minimum atomic E-state index is -0.943. The zero-order chi connectivity index (χ0) is 17.2. The summed E-state index contributed by atoms with van der Waals surface area (Å²) in [6.07, 6.45) is 0.577. The Kier molecular flexibility index (Phi) is 4.36. The summed E-state index contributed by atoms with van der Waals surface area (Å²) in [5, 5.41) is 12.2. The number of aliphatic hydroxyl groups is 1. The van der Waals surface area contributed by atoms with Crippen molar-refractivity contribution >= 4 is 16.7 Å². The molecule has 3 aromatic rings. The topological polar surface area (TPSA) is 46.5 Å². The Balaban J connectivity index is 1.91. The molecule has 24 heavy (non-hydrogen) atoms. The van der Waals surface area contributed by atoms with E-state index in [1.165, 1.54) is 0 Å². The maximum absolute atomic E-state index is 12.6. The van der Waals surface area contributed by atoms with Crippen LogP contribution in [0.4, 0.5) is 0 Å². The first-order valence-corrected chi connectivity index (χ1v) is 8.04. The van der Waals surface area contributed by atoms with E-state index in [-0.39, 0.29) is 0 Å². The van der Waals surface area contributed by atoms with Crippen LogP contribution in [0.5, 0.6) is 5.75 Å². The van der Waals surface area contributed by atoms with E-state index < -0.39 is 11.6 Å². The Morgan fingerprint density at radius 1 is 1.04 bits per heavy atom. The Hall–Kier alpha value is -2.65. The monoisotopic (exact) mass is 320 g/mol. The standard InChI is InChI=1S/C21H20O3/c1-3-21(2,23)16-10-7-11-17(14-16)24-20(22)19-13-6-9-15-8-4-5-12-18(15)19/h4-14,23H,3H2,1-2H3. The van der Waals surface area contributed by atoms with Gasteiger partial charge >= 0.3 is 5.97 Å². The quantitative estimate of drug-likeness (QED) is 0.561. The minimum Gasteiger partial charge on any atom is -0.423 e. The first-order chi connectivity index (χ1) is 11.5. The lowest BCUT2D eigenvalue weighted by atomic mass is 9.93. The molecule has 122 valence electrons. The maximum Gasteiger partial charge on any atom is 0.344 e. The molecule has 1 N–H and O–H groups in total. The van der Waals surface area contributed by atoms with Gasteiger partial charge in [0.25, 0.3) is 0 Å². The van der Waals surface area contributed by atoms with Gasteiger partial charge < -0.3 is 9.84 Å². The molecule has 1 unspecified atom stereocenters. The summed E-state index contributed by atoms with van der Waals surface area (Å²) in [6, 6.07) is 20.3. The van der Waals surface area contributed by atoms with Gasteiger partial charge in [-0.1, -0.05) is 55.5 Å². The van der Waals surface area contributed by atoms with Gasteiger partial charge in [-0.05, 0) is 47.9 Å². The number of esters is 1. The zero-order valence-electron chi connectivity index (χ0n) is 13.8. The van der Waals surface area contributed by atoms with Crippen molar-refractivity contribution in [2.45, 2.75) is 25.9 Å². The van der Waals surface area contributed by atoms with Gasteiger partial charge in [-0.15, -0.1) is 0 Å². The molecule has 3 heteroatoms. The molecule has 0 heterocycles. The molecule has 0 fully saturated rings. The van der Waals surface area contributed by atoms with Gasteiger partial charge in [-0.25, -0.2) is 4.79 Å². The van der Waals surface area contributed by atoms with Crippen LogP contribution in [-0.4, -0.2) is 11.1 Å². The summed E-state index contributed by atoms with van der Waals surface area (Å²) >= 11 is 0. The molecule has 0 saturated heterocycles. The third kappa shape index (κ3) is 3.17. The Bertz CT molecular complexity index is 876. The molecule has 3 nitrogen and oxygen atoms in total. The van der Waals surface area contributed by atoms with Crippen molar-refractivity contribution < 1.29 is 14.6 Å². The van der Waals surface area contributed by atoms with Crippen LogP contribution >= 0.6 is 0 Å². The Labute approximate surface area is 141 Å². The molecule has 0 aliphatic carbocycles. The molecule has 0 amide bonds. The predicted molar refractivity (Wildman–Crippen MR) is 95.2 cm³/mol. The average Bonchev–Trinajstić information content (AvgIpc) is 2.61. The molecule has 0 spiro atoms. The molecule has 0 saturated carbocycles. The number of carbonyl (C=O) groups excluding carboxylic acids is 1. The van der Waals surface area contributed by atoms with Crippen molar-refractivity contribution in [1.29, 1.82) is 0 Å². The number of benzene rings is 3. The molecule has 0 radical (unpaired) electrons. The second-order valence-electron chi connectivity index (χ2n) is 6.07. The van der Waals surface area contributed by atoms with Gasteiger partial charge in [0.15, 0.2) is 0 Å². The van der Waals surface area contributed by atoms with Gasteiger partial charge in [0.2, 0.25) is 0 Å². The normalized spacial score (nSPS) is 13.5. The van der Waals surface area contributed by atoms with E-state index in [4.69, 9.17) is 4.74 Å². The van der Waals surface area contributed by atoms with Crippen molar-refractivity contribution in [1.82, 2.24) is 0 Å². The van der Waals surface area contributed by atoms with E-state index in [2.05, 4.69) is 0 Å². The third-order valence-electron chi connectivity index (χ3n) is 4.36. The Morgan fingerprint density at radius 3 is 2.54 bits per heavy atom. The highest BCUT2D eigenvalue weighted by molar-refractivity contribution is 6.05. The molecular weight excluding hydrogens is 300 g/mol. The highest BCUT2D eigenvalue weighted by atomic mass is 16.5. The average molecular weight is 320 g/mol. The molecule has 1 atom stereocenters. The largest absolute Gasteiger partial charge is 0.423 e. The molecule has 0 aromatic heterocycles. The maximum atomic E-state index is 12.6. The first-order valence-electron chi connectivity index (χ1n) is 8.04. The minimum absolute atomic E-state index is 0.403. The molecule has 3 aromatic carbocycles. The van der Waals surface area contributed by atoms with E-state index in [0.717, 1.165) is 16.3 Å². The van der Waals surface area contributed by atoms with Crippen molar-refractivity contribution in [3.05, 3.63) is 77.9 Å². The first kappa shape index (κ1) is 16.2. The highest BCUT2D eigenvalue weighted by Gasteiger charge is 2.21. The number of ether oxygens (including phenoxy) is 1. The van der Waals surface area contributed by atoms with Crippen molar-refractivity contribution in [3.8, 4) is 5.75 Å². The van der Waals surface area contributed by atoms with Gasteiger partial charge in [-0.3, -0.25) is 0 Å². The molecule has 3 rings (SSSR count). The van der Waals surface area contributed by atoms with Crippen LogP contribution in [-0.2, 0) is 5.60 Å². The summed E-state index contributed by atoms with van der Waals surface area (Å²) in [5.74, 6) is 0.0271. The van der Waals surface area contributed by atoms with Crippen LogP contribution in [0.3, 0.4) is 0 Å². The van der Waals surface area contributed by atoms with E-state index >= 15 is 0 Å². The fraction of sp³-hybridized carbons (Fsp3) is 0.190. The second kappa shape index (κ2) is 6.46. The van der Waals surface area contributed by atoms with E-state index in [1.807, 2.05) is 49.4 Å². The van der Waals surface area contributed by atoms with Crippen LogP contribution in [0.15, 0.2) is 66.7 Å². The smallest absolute Gasteiger partial charge is 0.344 e. The summed E-state index contributed by atoms with van der Waals surface area (Å²) in [6.45, 7) is 3.66. The lowest BCUT2D eigenvalue weighted by molar-refractivity contribution is 0.0524. The summed E-state index contributed by atoms with van der Waals surface area (Å²) < 4.78 is 5.54. The van der Waals surface area contributed by atoms with E-state index in [1.54, 1.807) is 31.2 Å². The molecule has 0 bridgehead atoms. The highest BCUT2D eigenvalue weighted by Crippen LogP contribution is 2.28. The number of fused-ring (bicyclic) bond motifs is 1. The summed E-state index contributed by atoms with van der Waals surface area (Å²) in [7, 11) is 0. The van der Waals surface area contributed by atoms with Crippen molar-refractivity contribution in [2.24, 2.45) is 0 Å². The number of hydrogen-bond donors (Lipinski definition) is 1. The van der Waals surface area contributed by atoms with Gasteiger partial charge in [0.05, 0.1) is 11.2 Å². The third-order valence-corrected chi connectivity index (χ3v) is 4.36. The SMILES string of the molecule is CCC(C)(O)c1cccc(OC(=O)c2cccc3ccccc23)c1. The van der Waals surface area contributed by atoms with E-state index in [0.29, 0.717) is 17.7 Å². The fourth-order valence-corrected chi connectivity index (χ4v) is 2.66. The molecule has 0 aliphatic rings. The zero-order valence-corrected chi connectivity index (χ0v) is 13.8. The van der Waals surface area contributed by atoms with Crippen LogP contribution in [0.1, 0.15) is 36.2 Å². The molecular formula is C21H20O3.